The van der Waals surface area contributed by atoms with Crippen molar-refractivity contribution in [3.8, 4) is 0 Å². The van der Waals surface area contributed by atoms with E-state index >= 15 is 0 Å². The van der Waals surface area contributed by atoms with Crippen LogP contribution in [-0.2, 0) is 9.53 Å². The molecule has 0 spiro atoms. The van der Waals surface area contributed by atoms with Gasteiger partial charge in [-0.15, -0.1) is 0 Å². The third-order valence-electron chi connectivity index (χ3n) is 1.66. The molecule has 1 heterocycles. The number of carbonyl (C=O) groups is 1. The maximum Gasteiger partial charge on any atom is 0.418 e. The number of hydrogen-bond donors (Lipinski definition) is 1. The molecule has 1 rings (SSSR count). The highest BCUT2D eigenvalue weighted by atomic mass is 19.4. The minimum Gasteiger partial charge on any atom is -0.480 e. The lowest BCUT2D eigenvalue weighted by Gasteiger charge is -2.19. The summed E-state index contributed by atoms with van der Waals surface area (Å²) in [6.45, 7) is -1.01. The molecular weight excluding hydrogens is 227 g/mol. The van der Waals surface area contributed by atoms with Crippen LogP contribution in [0.5, 0.6) is 0 Å². The molecule has 0 radical (unpaired) electrons. The van der Waals surface area contributed by atoms with Crippen molar-refractivity contribution in [2.45, 2.75) is 12.3 Å². The Kier molecular flexibility index (Phi) is 3.83. The van der Waals surface area contributed by atoms with Crippen LogP contribution in [-0.4, -0.2) is 28.8 Å². The van der Waals surface area contributed by atoms with E-state index in [2.05, 4.69) is 9.72 Å². The minimum atomic E-state index is -4.67. The number of alkyl halides is 3. The molecule has 7 heteroatoms. The monoisotopic (exact) mass is 235 g/mol. The van der Waals surface area contributed by atoms with Crippen LogP contribution in [0.3, 0.4) is 0 Å². The Bertz CT molecular complexity index is 353. The summed E-state index contributed by atoms with van der Waals surface area (Å²) in [5, 5.41) is 8.27. The first-order valence-electron chi connectivity index (χ1n) is 4.21. The van der Waals surface area contributed by atoms with Crippen LogP contribution in [0, 0.1) is 0 Å². The Morgan fingerprint density at radius 3 is 2.69 bits per heavy atom. The lowest BCUT2D eigenvalue weighted by Crippen LogP contribution is -2.26. The van der Waals surface area contributed by atoms with E-state index in [1.54, 1.807) is 0 Å². The van der Waals surface area contributed by atoms with Crippen molar-refractivity contribution in [2.75, 3.05) is 6.61 Å². The van der Waals surface area contributed by atoms with Crippen molar-refractivity contribution >= 4 is 5.97 Å². The predicted molar refractivity (Wildman–Crippen MR) is 46.6 cm³/mol. The summed E-state index contributed by atoms with van der Waals surface area (Å²) in [4.78, 5) is 13.7. The second kappa shape index (κ2) is 4.93. The van der Waals surface area contributed by atoms with E-state index in [4.69, 9.17) is 5.11 Å². The fraction of sp³-hybridized carbons (Fsp3) is 0.333. The van der Waals surface area contributed by atoms with Gasteiger partial charge in [0.15, 0.2) is 6.10 Å². The molecule has 1 N–H and O–H groups in total. The topological polar surface area (TPSA) is 59.4 Å². The van der Waals surface area contributed by atoms with Gasteiger partial charge in [0.25, 0.3) is 0 Å². The average molecular weight is 235 g/mol. The summed E-state index contributed by atoms with van der Waals surface area (Å²) < 4.78 is 41.8. The van der Waals surface area contributed by atoms with Gasteiger partial charge in [0, 0.05) is 18.0 Å². The van der Waals surface area contributed by atoms with Gasteiger partial charge in [-0.25, -0.2) is 4.79 Å². The van der Waals surface area contributed by atoms with Gasteiger partial charge in [0.2, 0.25) is 0 Å². The molecule has 0 saturated heterocycles. The first-order valence-corrected chi connectivity index (χ1v) is 4.21. The molecule has 0 fully saturated rings. The molecule has 88 valence electrons. The van der Waals surface area contributed by atoms with Crippen LogP contribution >= 0.6 is 0 Å². The number of carboxylic acids is 1. The van der Waals surface area contributed by atoms with E-state index in [9.17, 15) is 18.0 Å². The maximum atomic E-state index is 12.5. The van der Waals surface area contributed by atoms with Gasteiger partial charge in [0.05, 0.1) is 0 Å². The Hall–Kier alpha value is -1.63. The lowest BCUT2D eigenvalue weighted by molar-refractivity contribution is -0.225. The summed E-state index contributed by atoms with van der Waals surface area (Å²) >= 11 is 0. The van der Waals surface area contributed by atoms with E-state index in [1.165, 1.54) is 18.3 Å². The van der Waals surface area contributed by atoms with Crippen LogP contribution in [0.2, 0.25) is 0 Å². The van der Waals surface area contributed by atoms with E-state index in [1.807, 2.05) is 0 Å². The molecule has 1 unspecified atom stereocenters. The van der Waals surface area contributed by atoms with Crippen molar-refractivity contribution in [1.29, 1.82) is 0 Å². The number of carboxylic acid groups (broad SMARTS) is 1. The molecule has 1 atom stereocenters. The number of halogens is 3. The first-order chi connectivity index (χ1) is 7.41. The molecule has 0 saturated carbocycles. The number of aromatic nitrogens is 1. The van der Waals surface area contributed by atoms with Crippen molar-refractivity contribution in [3.63, 3.8) is 0 Å². The summed E-state index contributed by atoms with van der Waals surface area (Å²) in [7, 11) is 0. The van der Waals surface area contributed by atoms with Crippen molar-refractivity contribution < 1.29 is 27.8 Å². The molecule has 1 aromatic rings. The molecule has 1 aromatic heterocycles. The minimum absolute atomic E-state index is 0.226. The number of aliphatic carboxylic acids is 1. The Labute approximate surface area is 88.7 Å². The fourth-order valence-electron chi connectivity index (χ4n) is 1.07. The number of pyridine rings is 1. The van der Waals surface area contributed by atoms with Crippen LogP contribution in [0.15, 0.2) is 24.5 Å². The summed E-state index contributed by atoms with van der Waals surface area (Å²) in [6.07, 6.45) is -4.63. The van der Waals surface area contributed by atoms with Gasteiger partial charge in [-0.3, -0.25) is 4.98 Å². The molecule has 0 aliphatic rings. The predicted octanol–water partition coefficient (Wildman–Crippen LogP) is 1.79. The molecular formula is C9H8F3NO3. The van der Waals surface area contributed by atoms with Crippen molar-refractivity contribution in [1.82, 2.24) is 4.98 Å². The van der Waals surface area contributed by atoms with E-state index in [0.29, 0.717) is 0 Å². The third kappa shape index (κ3) is 3.50. The molecule has 0 bridgehead atoms. The van der Waals surface area contributed by atoms with Gasteiger partial charge < -0.3 is 9.84 Å². The Morgan fingerprint density at radius 1 is 1.56 bits per heavy atom. The zero-order valence-corrected chi connectivity index (χ0v) is 7.94. The van der Waals surface area contributed by atoms with Gasteiger partial charge in [-0.2, -0.15) is 13.2 Å². The number of rotatable bonds is 4. The van der Waals surface area contributed by atoms with Crippen LogP contribution in [0.25, 0.3) is 0 Å². The number of ether oxygens (including phenoxy) is 1. The quantitative estimate of drug-likeness (QED) is 0.864. The highest BCUT2D eigenvalue weighted by Gasteiger charge is 2.42. The number of hydrogen-bond acceptors (Lipinski definition) is 3. The Balaban J connectivity index is 2.84. The second-order valence-corrected chi connectivity index (χ2v) is 2.91. The number of nitrogens with zero attached hydrogens (tertiary/aromatic N) is 1. The van der Waals surface area contributed by atoms with Crippen LogP contribution < -0.4 is 0 Å². The van der Waals surface area contributed by atoms with Gasteiger partial charge >= 0.3 is 12.1 Å². The summed E-state index contributed by atoms with van der Waals surface area (Å²) in [6, 6.07) is 2.49. The highest BCUT2D eigenvalue weighted by Crippen LogP contribution is 2.35. The smallest absolute Gasteiger partial charge is 0.418 e. The zero-order valence-electron chi connectivity index (χ0n) is 7.94. The normalized spacial score (nSPS) is 13.4. The second-order valence-electron chi connectivity index (χ2n) is 2.91. The zero-order chi connectivity index (χ0) is 12.2. The Morgan fingerprint density at radius 2 is 2.25 bits per heavy atom. The SMILES string of the molecule is O=C(O)COC(c1cccnc1)C(F)(F)F. The summed E-state index contributed by atoms with van der Waals surface area (Å²) in [5.74, 6) is -1.46. The molecule has 0 aromatic carbocycles. The fourth-order valence-corrected chi connectivity index (χ4v) is 1.07. The van der Waals surface area contributed by atoms with Crippen molar-refractivity contribution in [3.05, 3.63) is 30.1 Å². The molecule has 0 amide bonds. The third-order valence-corrected chi connectivity index (χ3v) is 1.66. The van der Waals surface area contributed by atoms with Gasteiger partial charge in [0.1, 0.15) is 6.61 Å². The van der Waals surface area contributed by atoms with E-state index in [-0.39, 0.29) is 5.56 Å². The van der Waals surface area contributed by atoms with Crippen molar-refractivity contribution in [2.24, 2.45) is 0 Å². The van der Waals surface area contributed by atoms with Crippen LogP contribution in [0.4, 0.5) is 13.2 Å². The standard InChI is InChI=1S/C9H8F3NO3/c10-9(11,12)8(16-5-7(14)15)6-2-1-3-13-4-6/h1-4,8H,5H2,(H,14,15). The highest BCUT2D eigenvalue weighted by molar-refractivity contribution is 5.68. The van der Waals surface area contributed by atoms with Crippen LogP contribution in [0.1, 0.15) is 11.7 Å². The van der Waals surface area contributed by atoms with E-state index < -0.39 is 24.9 Å². The molecule has 4 nitrogen and oxygen atoms in total. The lowest BCUT2D eigenvalue weighted by atomic mass is 10.1. The molecule has 0 aliphatic heterocycles. The van der Waals surface area contributed by atoms with Gasteiger partial charge in [-0.1, -0.05) is 6.07 Å². The maximum absolute atomic E-state index is 12.5. The van der Waals surface area contributed by atoms with E-state index in [0.717, 1.165) is 6.20 Å². The largest absolute Gasteiger partial charge is 0.480 e. The molecule has 16 heavy (non-hydrogen) atoms. The van der Waals surface area contributed by atoms with Gasteiger partial charge in [-0.05, 0) is 6.07 Å². The molecule has 0 aliphatic carbocycles. The average Bonchev–Trinajstić information content (AvgIpc) is 2.17. The first kappa shape index (κ1) is 12.4. The summed E-state index contributed by atoms with van der Waals surface area (Å²) in [5.41, 5.74) is -0.226.